The summed E-state index contributed by atoms with van der Waals surface area (Å²) in [7, 11) is 0. The molecule has 1 aliphatic carbocycles. The van der Waals surface area contributed by atoms with E-state index in [4.69, 9.17) is 21.3 Å². The van der Waals surface area contributed by atoms with Gasteiger partial charge in [-0.25, -0.2) is 4.79 Å². The van der Waals surface area contributed by atoms with E-state index in [0.29, 0.717) is 22.6 Å². The number of carbonyl (C=O) groups is 2. The number of nitrogen functional groups attached to an aromatic ring is 1. The summed E-state index contributed by atoms with van der Waals surface area (Å²) in [5.41, 5.74) is 7.30. The Morgan fingerprint density at radius 1 is 1.22 bits per heavy atom. The largest absolute Gasteiger partial charge is 0.457 e. The maximum Gasteiger partial charge on any atom is 0.337 e. The van der Waals surface area contributed by atoms with E-state index >= 15 is 0 Å². The Labute approximate surface area is 184 Å². The van der Waals surface area contributed by atoms with Crippen molar-refractivity contribution < 1.29 is 18.7 Å². The highest BCUT2D eigenvalue weighted by molar-refractivity contribution is 6.14. The summed E-state index contributed by atoms with van der Waals surface area (Å²) in [5, 5.41) is 0. The van der Waals surface area contributed by atoms with Gasteiger partial charge in [-0.05, 0) is 18.1 Å². The quantitative estimate of drug-likeness (QED) is 0.510. The Morgan fingerprint density at radius 3 is 2.69 bits per heavy atom. The second-order valence-corrected chi connectivity index (χ2v) is 7.64. The number of aromatic nitrogens is 1. The van der Waals surface area contributed by atoms with Crippen molar-refractivity contribution in [3.63, 3.8) is 0 Å². The first-order valence-corrected chi connectivity index (χ1v) is 10.0. The molecule has 0 unspecified atom stereocenters. The molecular formula is C25H19N3O4. The highest BCUT2D eigenvalue weighted by atomic mass is 16.5. The molecule has 7 nitrogen and oxygen atoms in total. The number of allylic oxidation sites excluding steroid dienone is 1. The lowest BCUT2D eigenvalue weighted by molar-refractivity contribution is -0.142. The molecule has 0 saturated carbocycles. The van der Waals surface area contributed by atoms with Crippen molar-refractivity contribution in [2.75, 3.05) is 12.3 Å². The average molecular weight is 425 g/mol. The minimum Gasteiger partial charge on any atom is -0.457 e. The molecule has 5 rings (SSSR count). The number of nitrogens with two attached hydrogens (primary N) is 1. The Morgan fingerprint density at radius 2 is 1.94 bits per heavy atom. The highest BCUT2D eigenvalue weighted by Gasteiger charge is 2.63. The minimum absolute atomic E-state index is 0.00666. The van der Waals surface area contributed by atoms with Crippen molar-refractivity contribution in [3.05, 3.63) is 82.7 Å². The Bertz CT molecular complexity index is 1330. The van der Waals surface area contributed by atoms with E-state index in [2.05, 4.69) is 10.9 Å². The fraction of sp³-hybridized carbons (Fsp3) is 0.160. The third-order valence-corrected chi connectivity index (χ3v) is 5.95. The molecule has 0 saturated heterocycles. The number of fused-ring (bicyclic) bond motifs is 5. The molecule has 1 spiro atoms. The first-order chi connectivity index (χ1) is 15.5. The maximum absolute atomic E-state index is 13.9. The zero-order chi connectivity index (χ0) is 22.5. The zero-order valence-electron chi connectivity index (χ0n) is 17.3. The molecule has 32 heavy (non-hydrogen) atoms. The lowest BCUT2D eigenvalue weighted by atomic mass is 9.74. The number of benzene rings is 2. The van der Waals surface area contributed by atoms with Crippen LogP contribution in [0.4, 0.5) is 6.01 Å². The van der Waals surface area contributed by atoms with Crippen molar-refractivity contribution in [3.8, 4) is 23.7 Å². The highest BCUT2D eigenvalue weighted by Crippen LogP contribution is 2.57. The second kappa shape index (κ2) is 7.13. The lowest BCUT2D eigenvalue weighted by Gasteiger charge is -2.26. The average Bonchev–Trinajstić information content (AvgIpc) is 3.38. The zero-order valence-corrected chi connectivity index (χ0v) is 17.3. The van der Waals surface area contributed by atoms with Gasteiger partial charge in [-0.15, -0.1) is 6.42 Å². The molecule has 2 heterocycles. The van der Waals surface area contributed by atoms with Crippen LogP contribution in [0.2, 0.25) is 0 Å². The van der Waals surface area contributed by atoms with Crippen molar-refractivity contribution in [1.82, 2.24) is 9.88 Å². The van der Waals surface area contributed by atoms with Crippen LogP contribution in [-0.4, -0.2) is 28.3 Å². The lowest BCUT2D eigenvalue weighted by Crippen LogP contribution is -2.42. The number of anilines is 1. The van der Waals surface area contributed by atoms with Gasteiger partial charge in [-0.3, -0.25) is 4.79 Å². The molecule has 3 aromatic rings. The third-order valence-electron chi connectivity index (χ3n) is 5.95. The number of hydrogen-bond acceptors (Lipinski definition) is 6. The summed E-state index contributed by atoms with van der Waals surface area (Å²) in [6.07, 6.45) is 5.53. The van der Waals surface area contributed by atoms with Crippen LogP contribution in [0.25, 0.3) is 11.3 Å². The summed E-state index contributed by atoms with van der Waals surface area (Å²) >= 11 is 0. The van der Waals surface area contributed by atoms with Crippen molar-refractivity contribution in [2.24, 2.45) is 0 Å². The molecule has 1 amide bonds. The summed E-state index contributed by atoms with van der Waals surface area (Å²) in [6, 6.07) is 16.5. The summed E-state index contributed by atoms with van der Waals surface area (Å²) < 4.78 is 11.3. The van der Waals surface area contributed by atoms with Crippen molar-refractivity contribution >= 4 is 17.9 Å². The molecule has 2 aliphatic rings. The predicted molar refractivity (Wildman–Crippen MR) is 117 cm³/mol. The number of terminal acetylenes is 1. The second-order valence-electron chi connectivity index (χ2n) is 7.64. The standard InChI is InChI=1S/C25H19N3O4/c1-3-13-28-15(2)19(22(29)31-14-16-9-5-4-6-10-16)25(23(28)30)18-12-8-7-11-17(18)20-21(25)27-24(26)32-20/h1,4-12H,13-14H2,2H3,(H2,26,27)/t25-/m0/s1. The van der Waals surface area contributed by atoms with Gasteiger partial charge in [0, 0.05) is 11.3 Å². The molecule has 0 bridgehead atoms. The first kappa shape index (κ1) is 19.6. The Hall–Kier alpha value is -4.31. The molecule has 2 aromatic carbocycles. The molecule has 2 N–H and O–H groups in total. The molecule has 158 valence electrons. The van der Waals surface area contributed by atoms with Gasteiger partial charge in [0.15, 0.2) is 11.2 Å². The van der Waals surface area contributed by atoms with E-state index in [-0.39, 0.29) is 36.3 Å². The van der Waals surface area contributed by atoms with Crippen LogP contribution in [0.15, 0.2) is 70.3 Å². The van der Waals surface area contributed by atoms with Gasteiger partial charge in [-0.2, -0.15) is 4.98 Å². The van der Waals surface area contributed by atoms with Gasteiger partial charge in [0.1, 0.15) is 12.3 Å². The maximum atomic E-state index is 13.9. The van der Waals surface area contributed by atoms with Crippen LogP contribution in [0.3, 0.4) is 0 Å². The molecule has 7 heteroatoms. The van der Waals surface area contributed by atoms with E-state index in [1.165, 1.54) is 4.90 Å². The fourth-order valence-corrected chi connectivity index (χ4v) is 4.62. The number of carbonyl (C=O) groups excluding carboxylic acids is 2. The van der Waals surface area contributed by atoms with E-state index in [9.17, 15) is 9.59 Å². The van der Waals surface area contributed by atoms with E-state index in [1.54, 1.807) is 19.1 Å². The molecule has 1 aliphatic heterocycles. The predicted octanol–water partition coefficient (Wildman–Crippen LogP) is 3.02. The summed E-state index contributed by atoms with van der Waals surface area (Å²) in [4.78, 5) is 33.2. The number of nitrogens with zero attached hydrogens (tertiary/aromatic N) is 2. The van der Waals surface area contributed by atoms with Gasteiger partial charge in [0.2, 0.25) is 5.91 Å². The normalized spacial score (nSPS) is 18.6. The van der Waals surface area contributed by atoms with Crippen molar-refractivity contribution in [1.29, 1.82) is 0 Å². The fourth-order valence-electron chi connectivity index (χ4n) is 4.62. The van der Waals surface area contributed by atoms with Crippen LogP contribution in [0, 0.1) is 12.3 Å². The molecular weight excluding hydrogens is 406 g/mol. The van der Waals surface area contributed by atoms with E-state index in [0.717, 1.165) is 5.56 Å². The SMILES string of the molecule is C#CCN1C(=O)[C@]2(C(C(=O)OCc3ccccc3)=C1C)c1ccccc1-c1oc(N)nc12. The Balaban J connectivity index is 1.69. The van der Waals surface area contributed by atoms with E-state index < -0.39 is 11.4 Å². The third kappa shape index (κ3) is 2.53. The van der Waals surface area contributed by atoms with Gasteiger partial charge in [0.05, 0.1) is 12.1 Å². The van der Waals surface area contributed by atoms with Gasteiger partial charge < -0.3 is 19.8 Å². The van der Waals surface area contributed by atoms with Gasteiger partial charge >= 0.3 is 5.97 Å². The van der Waals surface area contributed by atoms with Crippen LogP contribution < -0.4 is 5.73 Å². The Kier molecular flexibility index (Phi) is 4.38. The van der Waals surface area contributed by atoms with Crippen LogP contribution in [0.1, 0.15) is 23.7 Å². The van der Waals surface area contributed by atoms with Gasteiger partial charge in [-0.1, -0.05) is 60.5 Å². The van der Waals surface area contributed by atoms with E-state index in [1.807, 2.05) is 42.5 Å². The number of amides is 1. The molecule has 0 fully saturated rings. The molecule has 1 atom stereocenters. The molecule has 1 aromatic heterocycles. The van der Waals surface area contributed by atoms with Crippen LogP contribution in [-0.2, 0) is 26.3 Å². The smallest absolute Gasteiger partial charge is 0.337 e. The number of oxazole rings is 1. The topological polar surface area (TPSA) is 98.7 Å². The molecule has 0 radical (unpaired) electrons. The number of esters is 1. The first-order valence-electron chi connectivity index (χ1n) is 10.0. The summed E-state index contributed by atoms with van der Waals surface area (Å²) in [5.74, 6) is 1.87. The van der Waals surface area contributed by atoms with Gasteiger partial charge in [0.25, 0.3) is 6.01 Å². The minimum atomic E-state index is -1.53. The van der Waals surface area contributed by atoms with Crippen LogP contribution in [0.5, 0.6) is 0 Å². The monoisotopic (exact) mass is 425 g/mol. The summed E-state index contributed by atoms with van der Waals surface area (Å²) in [6.45, 7) is 1.76. The van der Waals surface area contributed by atoms with Crippen LogP contribution >= 0.6 is 0 Å². The number of rotatable bonds is 4. The number of hydrogen-bond donors (Lipinski definition) is 1. The van der Waals surface area contributed by atoms with Crippen molar-refractivity contribution in [2.45, 2.75) is 18.9 Å². The number of ether oxygens (including phenoxy) is 1.